The zero-order chi connectivity index (χ0) is 15.9. The first kappa shape index (κ1) is 17.1. The average Bonchev–Trinajstić information content (AvgIpc) is 2.52. The summed E-state index contributed by atoms with van der Waals surface area (Å²) in [6, 6.07) is 4.25. The standard InChI is InChI=1S/C18H30N2O2/c1-5-22-18-14-16(15(2)13-17(18)21-4)7-6-8-20-11-9-19(3)10-12-20/h13-14H,5-12H2,1-4H3. The third-order valence-corrected chi connectivity index (χ3v) is 4.44. The summed E-state index contributed by atoms with van der Waals surface area (Å²) in [6.07, 6.45) is 2.30. The van der Waals surface area contributed by atoms with Gasteiger partial charge in [0.1, 0.15) is 0 Å². The van der Waals surface area contributed by atoms with Crippen molar-refractivity contribution in [3.8, 4) is 11.5 Å². The van der Waals surface area contributed by atoms with E-state index in [9.17, 15) is 0 Å². The maximum absolute atomic E-state index is 5.69. The van der Waals surface area contributed by atoms with Crippen LogP contribution in [0.4, 0.5) is 0 Å². The fourth-order valence-corrected chi connectivity index (χ4v) is 2.97. The highest BCUT2D eigenvalue weighted by molar-refractivity contribution is 5.47. The molecule has 124 valence electrons. The molecule has 0 unspecified atom stereocenters. The van der Waals surface area contributed by atoms with Gasteiger partial charge in [0.05, 0.1) is 13.7 Å². The minimum absolute atomic E-state index is 0.667. The maximum Gasteiger partial charge on any atom is 0.161 e. The van der Waals surface area contributed by atoms with Crippen molar-refractivity contribution in [2.75, 3.05) is 53.5 Å². The number of nitrogens with zero attached hydrogens (tertiary/aromatic N) is 2. The lowest BCUT2D eigenvalue weighted by Crippen LogP contribution is -2.44. The Balaban J connectivity index is 1.90. The number of methoxy groups -OCH3 is 1. The number of rotatable bonds is 7. The van der Waals surface area contributed by atoms with Crippen molar-refractivity contribution in [2.45, 2.75) is 26.7 Å². The van der Waals surface area contributed by atoms with Crippen LogP contribution in [0.15, 0.2) is 12.1 Å². The molecule has 1 aromatic carbocycles. The van der Waals surface area contributed by atoms with E-state index in [1.54, 1.807) is 7.11 Å². The largest absolute Gasteiger partial charge is 0.493 e. The van der Waals surface area contributed by atoms with E-state index < -0.39 is 0 Å². The number of hydrogen-bond donors (Lipinski definition) is 0. The highest BCUT2D eigenvalue weighted by Gasteiger charge is 2.14. The Morgan fingerprint density at radius 1 is 1.09 bits per heavy atom. The predicted molar refractivity (Wildman–Crippen MR) is 91.2 cm³/mol. The van der Waals surface area contributed by atoms with Gasteiger partial charge in [-0.25, -0.2) is 0 Å². The van der Waals surface area contributed by atoms with Crippen LogP contribution in [-0.4, -0.2) is 63.3 Å². The fourth-order valence-electron chi connectivity index (χ4n) is 2.97. The van der Waals surface area contributed by atoms with Crippen LogP contribution in [-0.2, 0) is 6.42 Å². The van der Waals surface area contributed by atoms with Gasteiger partial charge in [0.15, 0.2) is 11.5 Å². The first-order valence-corrected chi connectivity index (χ1v) is 8.35. The molecule has 0 spiro atoms. The first-order valence-electron chi connectivity index (χ1n) is 8.35. The molecule has 1 aromatic rings. The van der Waals surface area contributed by atoms with E-state index in [1.165, 1.54) is 50.3 Å². The topological polar surface area (TPSA) is 24.9 Å². The summed E-state index contributed by atoms with van der Waals surface area (Å²) in [5.74, 6) is 1.70. The molecule has 22 heavy (non-hydrogen) atoms. The van der Waals surface area contributed by atoms with E-state index >= 15 is 0 Å². The summed E-state index contributed by atoms with van der Waals surface area (Å²) in [5.41, 5.74) is 2.66. The molecule has 1 aliphatic heterocycles. The predicted octanol–water partition coefficient (Wildman–Crippen LogP) is 2.58. The van der Waals surface area contributed by atoms with Crippen molar-refractivity contribution in [1.29, 1.82) is 0 Å². The number of piperazine rings is 1. The molecule has 0 aromatic heterocycles. The Morgan fingerprint density at radius 2 is 1.82 bits per heavy atom. The second kappa shape index (κ2) is 8.39. The molecule has 1 saturated heterocycles. The van der Waals surface area contributed by atoms with E-state index in [1.807, 2.05) is 6.92 Å². The molecule has 0 N–H and O–H groups in total. The lowest BCUT2D eigenvalue weighted by Gasteiger charge is -2.32. The molecule has 0 saturated carbocycles. The van der Waals surface area contributed by atoms with Crippen molar-refractivity contribution in [1.82, 2.24) is 9.80 Å². The third-order valence-electron chi connectivity index (χ3n) is 4.44. The lowest BCUT2D eigenvalue weighted by atomic mass is 10.0. The highest BCUT2D eigenvalue weighted by atomic mass is 16.5. The summed E-state index contributed by atoms with van der Waals surface area (Å²) in [4.78, 5) is 4.97. The Morgan fingerprint density at radius 3 is 2.45 bits per heavy atom. The van der Waals surface area contributed by atoms with Crippen LogP contribution in [0.25, 0.3) is 0 Å². The molecule has 1 aliphatic rings. The zero-order valence-electron chi connectivity index (χ0n) is 14.5. The molecule has 0 bridgehead atoms. The van der Waals surface area contributed by atoms with E-state index in [0.29, 0.717) is 6.61 Å². The van der Waals surface area contributed by atoms with Gasteiger partial charge < -0.3 is 19.3 Å². The monoisotopic (exact) mass is 306 g/mol. The van der Waals surface area contributed by atoms with Crippen molar-refractivity contribution >= 4 is 0 Å². The minimum atomic E-state index is 0.667. The van der Waals surface area contributed by atoms with E-state index in [0.717, 1.165) is 17.9 Å². The van der Waals surface area contributed by atoms with Gasteiger partial charge in [-0.3, -0.25) is 0 Å². The van der Waals surface area contributed by atoms with Crippen LogP contribution >= 0.6 is 0 Å². The van der Waals surface area contributed by atoms with Gasteiger partial charge in [-0.2, -0.15) is 0 Å². The summed E-state index contributed by atoms with van der Waals surface area (Å²) in [7, 11) is 3.90. The highest BCUT2D eigenvalue weighted by Crippen LogP contribution is 2.31. The fraction of sp³-hybridized carbons (Fsp3) is 0.667. The summed E-state index contributed by atoms with van der Waals surface area (Å²) < 4.78 is 11.1. The van der Waals surface area contributed by atoms with Crippen molar-refractivity contribution < 1.29 is 9.47 Å². The van der Waals surface area contributed by atoms with Crippen LogP contribution in [0.3, 0.4) is 0 Å². The normalized spacial score (nSPS) is 16.7. The van der Waals surface area contributed by atoms with Crippen LogP contribution < -0.4 is 9.47 Å². The second-order valence-electron chi connectivity index (χ2n) is 6.11. The number of benzene rings is 1. The third kappa shape index (κ3) is 4.62. The molecule has 1 fully saturated rings. The van der Waals surface area contributed by atoms with Crippen molar-refractivity contribution in [2.24, 2.45) is 0 Å². The molecule has 0 aliphatic carbocycles. The van der Waals surface area contributed by atoms with Gasteiger partial charge in [-0.05, 0) is 63.5 Å². The van der Waals surface area contributed by atoms with Crippen LogP contribution in [0.5, 0.6) is 11.5 Å². The van der Waals surface area contributed by atoms with Crippen molar-refractivity contribution in [3.63, 3.8) is 0 Å². The maximum atomic E-state index is 5.69. The summed E-state index contributed by atoms with van der Waals surface area (Å²) in [5, 5.41) is 0. The van der Waals surface area contributed by atoms with Gasteiger partial charge in [0, 0.05) is 26.2 Å². The SMILES string of the molecule is CCOc1cc(CCCN2CCN(C)CC2)c(C)cc1OC. The quantitative estimate of drug-likeness (QED) is 0.773. The Bertz CT molecular complexity index is 468. The number of ether oxygens (including phenoxy) is 2. The zero-order valence-corrected chi connectivity index (χ0v) is 14.5. The molecular weight excluding hydrogens is 276 g/mol. The van der Waals surface area contributed by atoms with Gasteiger partial charge in [-0.1, -0.05) is 0 Å². The lowest BCUT2D eigenvalue weighted by molar-refractivity contribution is 0.153. The molecule has 0 radical (unpaired) electrons. The molecule has 4 heteroatoms. The second-order valence-corrected chi connectivity index (χ2v) is 6.11. The van der Waals surface area contributed by atoms with Crippen LogP contribution in [0, 0.1) is 6.92 Å². The van der Waals surface area contributed by atoms with Crippen LogP contribution in [0.1, 0.15) is 24.5 Å². The molecule has 1 heterocycles. The van der Waals surface area contributed by atoms with E-state index in [2.05, 4.69) is 35.9 Å². The smallest absolute Gasteiger partial charge is 0.161 e. The van der Waals surface area contributed by atoms with Gasteiger partial charge in [0.25, 0.3) is 0 Å². The number of aryl methyl sites for hydroxylation is 2. The number of hydrogen-bond acceptors (Lipinski definition) is 4. The average molecular weight is 306 g/mol. The van der Waals surface area contributed by atoms with Gasteiger partial charge in [-0.15, -0.1) is 0 Å². The molecule has 4 nitrogen and oxygen atoms in total. The first-order chi connectivity index (χ1) is 10.6. The summed E-state index contributed by atoms with van der Waals surface area (Å²) in [6.45, 7) is 10.8. The number of likely N-dealkylation sites (N-methyl/N-ethyl adjacent to an activating group) is 1. The molecule has 0 amide bonds. The summed E-state index contributed by atoms with van der Waals surface area (Å²) >= 11 is 0. The van der Waals surface area contributed by atoms with Crippen LogP contribution in [0.2, 0.25) is 0 Å². The van der Waals surface area contributed by atoms with Gasteiger partial charge >= 0.3 is 0 Å². The van der Waals surface area contributed by atoms with E-state index in [-0.39, 0.29) is 0 Å². The Hall–Kier alpha value is -1.26. The molecular formula is C18H30N2O2. The molecule has 2 rings (SSSR count). The minimum Gasteiger partial charge on any atom is -0.493 e. The Kier molecular flexibility index (Phi) is 6.52. The van der Waals surface area contributed by atoms with Gasteiger partial charge in [0.2, 0.25) is 0 Å². The Labute approximate surface area is 135 Å². The molecule has 0 atom stereocenters. The van der Waals surface area contributed by atoms with Crippen molar-refractivity contribution in [3.05, 3.63) is 23.3 Å². The van der Waals surface area contributed by atoms with E-state index in [4.69, 9.17) is 9.47 Å².